The first kappa shape index (κ1) is 17.1. The number of benzene rings is 1. The lowest BCUT2D eigenvalue weighted by atomic mass is 10.1. The van der Waals surface area contributed by atoms with Crippen LogP contribution in [-0.4, -0.2) is 43.5 Å². The predicted octanol–water partition coefficient (Wildman–Crippen LogP) is 0.752. The van der Waals surface area contributed by atoms with Crippen LogP contribution in [0.3, 0.4) is 0 Å². The highest BCUT2D eigenvalue weighted by atomic mass is 32.2. The zero-order valence-corrected chi connectivity index (χ0v) is 12.4. The number of amides is 1. The molecule has 1 rings (SSSR count). The molecule has 1 amide bonds. The van der Waals surface area contributed by atoms with Gasteiger partial charge in [-0.1, -0.05) is 0 Å². The van der Waals surface area contributed by atoms with Crippen LogP contribution < -0.4 is 5.32 Å². The van der Waals surface area contributed by atoms with E-state index in [0.29, 0.717) is 5.56 Å². The molecule has 0 aliphatic rings. The lowest BCUT2D eigenvalue weighted by Crippen LogP contribution is -2.42. The summed E-state index contributed by atoms with van der Waals surface area (Å²) in [5, 5.41) is 11.3. The monoisotopic (exact) mass is 317 g/mol. The number of carboxylic acids is 1. The molecule has 0 radical (unpaired) electrons. The highest BCUT2D eigenvalue weighted by Crippen LogP contribution is 2.10. The van der Waals surface area contributed by atoms with E-state index in [1.165, 1.54) is 13.0 Å². The summed E-state index contributed by atoms with van der Waals surface area (Å²) in [7, 11) is -3.33. The molecule has 1 unspecified atom stereocenters. The van der Waals surface area contributed by atoms with Gasteiger partial charge in [-0.15, -0.1) is 0 Å². The van der Waals surface area contributed by atoms with Crippen LogP contribution in [-0.2, 0) is 14.6 Å². The molecular formula is C13H16FNO5S. The molecule has 1 aromatic carbocycles. The van der Waals surface area contributed by atoms with Crippen molar-refractivity contribution < 1.29 is 27.5 Å². The van der Waals surface area contributed by atoms with Gasteiger partial charge < -0.3 is 10.4 Å². The lowest BCUT2D eigenvalue weighted by Gasteiger charge is -2.15. The predicted molar refractivity (Wildman–Crippen MR) is 74.4 cm³/mol. The van der Waals surface area contributed by atoms with Crippen molar-refractivity contribution >= 4 is 21.7 Å². The SMILES string of the molecule is Cc1cc(F)ccc1C(=O)NC(CCS(C)(=O)=O)C(=O)O. The Bertz CT molecular complexity index is 657. The zero-order valence-electron chi connectivity index (χ0n) is 11.6. The Morgan fingerprint density at radius 3 is 2.48 bits per heavy atom. The van der Waals surface area contributed by atoms with Crippen LogP contribution >= 0.6 is 0 Å². The number of halogens is 1. The smallest absolute Gasteiger partial charge is 0.326 e. The molecule has 8 heteroatoms. The number of carbonyl (C=O) groups excluding carboxylic acids is 1. The molecule has 0 aliphatic heterocycles. The second-order valence-electron chi connectivity index (χ2n) is 4.74. The van der Waals surface area contributed by atoms with Gasteiger partial charge in [0.2, 0.25) is 0 Å². The molecular weight excluding hydrogens is 301 g/mol. The minimum Gasteiger partial charge on any atom is -0.480 e. The number of aliphatic carboxylic acids is 1. The van der Waals surface area contributed by atoms with Crippen LogP contribution in [0.1, 0.15) is 22.3 Å². The van der Waals surface area contributed by atoms with E-state index in [1.54, 1.807) is 0 Å². The zero-order chi connectivity index (χ0) is 16.2. The van der Waals surface area contributed by atoms with E-state index < -0.39 is 33.6 Å². The fourth-order valence-electron chi connectivity index (χ4n) is 1.71. The molecule has 0 fully saturated rings. The van der Waals surface area contributed by atoms with Gasteiger partial charge >= 0.3 is 5.97 Å². The number of hydrogen-bond donors (Lipinski definition) is 2. The molecule has 0 aromatic heterocycles. The van der Waals surface area contributed by atoms with E-state index in [0.717, 1.165) is 18.4 Å². The molecule has 0 spiro atoms. The van der Waals surface area contributed by atoms with Crippen LogP contribution in [0, 0.1) is 12.7 Å². The van der Waals surface area contributed by atoms with Crippen LogP contribution in [0.5, 0.6) is 0 Å². The first-order chi connectivity index (χ1) is 9.60. The number of hydrogen-bond acceptors (Lipinski definition) is 4. The van der Waals surface area contributed by atoms with Crippen molar-refractivity contribution in [3.8, 4) is 0 Å². The molecule has 0 heterocycles. The molecule has 0 saturated carbocycles. The molecule has 1 atom stereocenters. The summed E-state index contributed by atoms with van der Waals surface area (Å²) < 4.78 is 35.1. The second-order valence-corrected chi connectivity index (χ2v) is 7.00. The van der Waals surface area contributed by atoms with Gasteiger partial charge in [0, 0.05) is 11.8 Å². The summed E-state index contributed by atoms with van der Waals surface area (Å²) in [6.07, 6.45) is 0.748. The molecule has 2 N–H and O–H groups in total. The Kier molecular flexibility index (Phi) is 5.42. The second kappa shape index (κ2) is 6.66. The van der Waals surface area contributed by atoms with Crippen molar-refractivity contribution in [1.29, 1.82) is 0 Å². The van der Waals surface area contributed by atoms with Crippen LogP contribution in [0.15, 0.2) is 18.2 Å². The minimum absolute atomic E-state index is 0.141. The molecule has 1 aromatic rings. The van der Waals surface area contributed by atoms with Gasteiger partial charge in [0.1, 0.15) is 21.7 Å². The fraction of sp³-hybridized carbons (Fsp3) is 0.385. The van der Waals surface area contributed by atoms with E-state index in [4.69, 9.17) is 5.11 Å². The normalized spacial score (nSPS) is 12.7. The van der Waals surface area contributed by atoms with E-state index in [1.807, 2.05) is 0 Å². The number of carboxylic acid groups (broad SMARTS) is 1. The third-order valence-electron chi connectivity index (χ3n) is 2.81. The average molecular weight is 317 g/mol. The Labute approximate surface area is 121 Å². The van der Waals surface area contributed by atoms with Gasteiger partial charge in [-0.2, -0.15) is 0 Å². The molecule has 116 valence electrons. The fourth-order valence-corrected chi connectivity index (χ4v) is 2.37. The summed E-state index contributed by atoms with van der Waals surface area (Å²) in [6.45, 7) is 1.52. The van der Waals surface area contributed by atoms with Crippen molar-refractivity contribution in [3.63, 3.8) is 0 Å². The summed E-state index contributed by atoms with van der Waals surface area (Å²) in [5.74, 6) is -2.87. The highest BCUT2D eigenvalue weighted by molar-refractivity contribution is 7.90. The Morgan fingerprint density at radius 2 is 2.00 bits per heavy atom. The standard InChI is InChI=1S/C13H16FNO5S/c1-8-7-9(14)3-4-10(8)12(16)15-11(13(17)18)5-6-21(2,19)20/h3-4,7,11H,5-6H2,1-2H3,(H,15,16)(H,17,18). The van der Waals surface area contributed by atoms with Gasteiger partial charge in [0.15, 0.2) is 0 Å². The van der Waals surface area contributed by atoms with Gasteiger partial charge in [-0.3, -0.25) is 4.79 Å². The summed E-state index contributed by atoms with van der Waals surface area (Å²) in [5.41, 5.74) is 0.502. The molecule has 0 aliphatic carbocycles. The Hall–Kier alpha value is -1.96. The molecule has 0 bridgehead atoms. The van der Waals surface area contributed by atoms with Crippen LogP contribution in [0.2, 0.25) is 0 Å². The molecule has 6 nitrogen and oxygen atoms in total. The van der Waals surface area contributed by atoms with Crippen LogP contribution in [0.4, 0.5) is 4.39 Å². The third-order valence-corrected chi connectivity index (χ3v) is 3.79. The Morgan fingerprint density at radius 1 is 1.38 bits per heavy atom. The Balaban J connectivity index is 2.84. The van der Waals surface area contributed by atoms with Crippen molar-refractivity contribution in [1.82, 2.24) is 5.32 Å². The van der Waals surface area contributed by atoms with Crippen molar-refractivity contribution in [2.75, 3.05) is 12.0 Å². The van der Waals surface area contributed by atoms with E-state index in [9.17, 15) is 22.4 Å². The summed E-state index contributed by atoms with van der Waals surface area (Å²) in [6, 6.07) is 2.17. The minimum atomic E-state index is -3.33. The molecule has 21 heavy (non-hydrogen) atoms. The first-order valence-corrected chi connectivity index (χ1v) is 8.14. The van der Waals surface area contributed by atoms with Crippen molar-refractivity contribution in [3.05, 3.63) is 35.1 Å². The lowest BCUT2D eigenvalue weighted by molar-refractivity contribution is -0.139. The maximum Gasteiger partial charge on any atom is 0.326 e. The number of nitrogens with one attached hydrogen (secondary N) is 1. The van der Waals surface area contributed by atoms with E-state index >= 15 is 0 Å². The highest BCUT2D eigenvalue weighted by Gasteiger charge is 2.23. The van der Waals surface area contributed by atoms with Crippen LogP contribution in [0.25, 0.3) is 0 Å². The quantitative estimate of drug-likeness (QED) is 0.806. The van der Waals surface area contributed by atoms with Crippen molar-refractivity contribution in [2.24, 2.45) is 0 Å². The van der Waals surface area contributed by atoms with Crippen molar-refractivity contribution in [2.45, 2.75) is 19.4 Å². The van der Waals surface area contributed by atoms with Gasteiger partial charge in [0.25, 0.3) is 5.91 Å². The third kappa shape index (κ3) is 5.50. The number of carbonyl (C=O) groups is 2. The van der Waals surface area contributed by atoms with E-state index in [2.05, 4.69) is 5.32 Å². The van der Waals surface area contributed by atoms with Gasteiger partial charge in [0.05, 0.1) is 5.75 Å². The maximum absolute atomic E-state index is 13.0. The average Bonchev–Trinajstić information content (AvgIpc) is 2.32. The number of rotatable bonds is 6. The maximum atomic E-state index is 13.0. The summed E-state index contributed by atoms with van der Waals surface area (Å²) in [4.78, 5) is 23.0. The number of sulfone groups is 1. The topological polar surface area (TPSA) is 101 Å². The van der Waals surface area contributed by atoms with E-state index in [-0.39, 0.29) is 17.7 Å². The largest absolute Gasteiger partial charge is 0.480 e. The molecule has 0 saturated heterocycles. The summed E-state index contributed by atoms with van der Waals surface area (Å²) >= 11 is 0. The number of aryl methyl sites for hydroxylation is 1. The van der Waals surface area contributed by atoms with Gasteiger partial charge in [-0.05, 0) is 37.1 Å². The first-order valence-electron chi connectivity index (χ1n) is 6.07. The van der Waals surface area contributed by atoms with Gasteiger partial charge in [-0.25, -0.2) is 17.6 Å².